The van der Waals surface area contributed by atoms with Crippen LogP contribution in [0, 0.1) is 0 Å². The van der Waals surface area contributed by atoms with Crippen molar-refractivity contribution >= 4 is 53.3 Å². The van der Waals surface area contributed by atoms with Gasteiger partial charge in [-0.1, -0.05) is 11.6 Å². The van der Waals surface area contributed by atoms with Gasteiger partial charge in [0.1, 0.15) is 0 Å². The van der Waals surface area contributed by atoms with Crippen LogP contribution in [0.3, 0.4) is 0 Å². The molecule has 0 amide bonds. The lowest BCUT2D eigenvalue weighted by Gasteiger charge is -2.11. The van der Waals surface area contributed by atoms with Gasteiger partial charge >= 0.3 is 2.82 Å². The fourth-order valence-electron chi connectivity index (χ4n) is 0.747. The summed E-state index contributed by atoms with van der Waals surface area (Å²) >= 11 is 10.3. The smallest absolute Gasteiger partial charge is 0.218 e. The minimum absolute atomic E-state index is 0.154. The van der Waals surface area contributed by atoms with E-state index in [1.165, 1.54) is 24.3 Å². The van der Waals surface area contributed by atoms with Gasteiger partial charge in [0.05, 0.1) is 4.90 Å². The van der Waals surface area contributed by atoms with Crippen LogP contribution >= 0.6 is 43.5 Å². The molecule has 0 heterocycles. The van der Waals surface area contributed by atoms with Gasteiger partial charge in [0.25, 0.3) is 0 Å². The topological polar surface area (TPSA) is 34.1 Å². The number of rotatable bonds is 2. The molecule has 2 nitrogen and oxygen atoms in total. The molecule has 0 aromatic heterocycles. The molecule has 0 saturated carbocycles. The van der Waals surface area contributed by atoms with Crippen LogP contribution in [0.25, 0.3) is 0 Å². The highest BCUT2D eigenvalue weighted by Gasteiger charge is 2.40. The Hall–Kier alpha value is 0.350. The molecule has 0 aliphatic carbocycles. The van der Waals surface area contributed by atoms with E-state index in [0.29, 0.717) is 5.02 Å². The van der Waals surface area contributed by atoms with Gasteiger partial charge in [-0.05, 0) is 56.1 Å². The van der Waals surface area contributed by atoms with Gasteiger partial charge in [-0.25, -0.2) is 12.8 Å². The zero-order valence-corrected chi connectivity index (χ0v) is 11.3. The zero-order valence-electron chi connectivity index (χ0n) is 6.55. The van der Waals surface area contributed by atoms with Gasteiger partial charge in [-0.3, -0.25) is 0 Å². The van der Waals surface area contributed by atoms with Gasteiger partial charge in [0.2, 0.25) is 9.84 Å². The molecule has 0 radical (unpaired) electrons. The maximum Gasteiger partial charge on any atom is 0.321 e. The standard InChI is InChI=1S/C7H4Br2ClFO2S/c8-7(9,11)14(12,13)6-3-1-5(10)2-4-6/h1-4H. The molecule has 0 aliphatic heterocycles. The predicted molar refractivity (Wildman–Crippen MR) is 60.3 cm³/mol. The Morgan fingerprint density at radius 2 is 1.64 bits per heavy atom. The average Bonchev–Trinajstić information content (AvgIpc) is 2.03. The zero-order chi connectivity index (χ0) is 11.0. The van der Waals surface area contributed by atoms with Crippen LogP contribution in [0.4, 0.5) is 4.39 Å². The largest absolute Gasteiger partial charge is 0.321 e. The summed E-state index contributed by atoms with van der Waals surface area (Å²) in [5.41, 5.74) is 0. The summed E-state index contributed by atoms with van der Waals surface area (Å²) in [6, 6.07) is 5.21. The van der Waals surface area contributed by atoms with E-state index in [1.807, 2.05) is 0 Å². The first-order valence-corrected chi connectivity index (χ1v) is 6.77. The first-order valence-electron chi connectivity index (χ1n) is 3.32. The number of hydrogen-bond donors (Lipinski definition) is 0. The highest BCUT2D eigenvalue weighted by molar-refractivity contribution is 9.27. The number of alkyl halides is 3. The second-order valence-electron chi connectivity index (χ2n) is 2.40. The SMILES string of the molecule is O=S(=O)(c1ccc(Cl)cc1)C(F)(Br)Br. The Bertz CT molecular complexity index is 424. The molecule has 0 fully saturated rings. The molecular weight excluding hydrogens is 362 g/mol. The van der Waals surface area contributed by atoms with E-state index in [1.54, 1.807) is 0 Å². The van der Waals surface area contributed by atoms with Crippen LogP contribution in [0.2, 0.25) is 5.02 Å². The lowest BCUT2D eigenvalue weighted by Crippen LogP contribution is -2.19. The van der Waals surface area contributed by atoms with Crippen molar-refractivity contribution in [2.24, 2.45) is 0 Å². The Balaban J connectivity index is 3.25. The van der Waals surface area contributed by atoms with Crippen molar-refractivity contribution in [3.05, 3.63) is 29.3 Å². The fourth-order valence-corrected chi connectivity index (χ4v) is 2.76. The summed E-state index contributed by atoms with van der Waals surface area (Å²) in [6.45, 7) is 0. The summed E-state index contributed by atoms with van der Waals surface area (Å²) in [6.07, 6.45) is 0. The first kappa shape index (κ1) is 12.4. The molecule has 1 rings (SSSR count). The van der Waals surface area contributed by atoms with Gasteiger partial charge in [-0.2, -0.15) is 0 Å². The molecule has 7 heteroatoms. The Morgan fingerprint density at radius 3 is 2.00 bits per heavy atom. The van der Waals surface area contributed by atoms with Crippen molar-refractivity contribution in [3.8, 4) is 0 Å². The summed E-state index contributed by atoms with van der Waals surface area (Å²) in [5, 5.41) is 0.387. The Labute approximate surface area is 103 Å². The summed E-state index contributed by atoms with van der Waals surface area (Å²) in [4.78, 5) is -0.154. The molecule has 0 aliphatic rings. The summed E-state index contributed by atoms with van der Waals surface area (Å²) in [7, 11) is -4.09. The average molecular weight is 366 g/mol. The number of hydrogen-bond acceptors (Lipinski definition) is 2. The lowest BCUT2D eigenvalue weighted by atomic mass is 10.4. The van der Waals surface area contributed by atoms with Crippen molar-refractivity contribution in [3.63, 3.8) is 0 Å². The minimum Gasteiger partial charge on any atom is -0.218 e. The van der Waals surface area contributed by atoms with Crippen LogP contribution in [0.5, 0.6) is 0 Å². The van der Waals surface area contributed by atoms with Crippen LogP contribution in [0.1, 0.15) is 0 Å². The van der Waals surface area contributed by atoms with Crippen molar-refractivity contribution in [1.82, 2.24) is 0 Å². The fraction of sp³-hybridized carbons (Fsp3) is 0.143. The van der Waals surface area contributed by atoms with Crippen LogP contribution < -0.4 is 0 Å². The number of halogens is 4. The molecule has 78 valence electrons. The minimum atomic E-state index is -4.09. The number of benzene rings is 1. The highest BCUT2D eigenvalue weighted by atomic mass is 79.9. The molecule has 0 atom stereocenters. The van der Waals surface area contributed by atoms with Crippen molar-refractivity contribution in [2.75, 3.05) is 0 Å². The molecule has 0 saturated heterocycles. The summed E-state index contributed by atoms with van der Waals surface area (Å²) in [5.74, 6) is 0. The van der Waals surface area contributed by atoms with Crippen molar-refractivity contribution < 1.29 is 12.8 Å². The third-order valence-electron chi connectivity index (χ3n) is 1.43. The van der Waals surface area contributed by atoms with E-state index in [9.17, 15) is 12.8 Å². The molecule has 0 bridgehead atoms. The number of sulfone groups is 1. The quantitative estimate of drug-likeness (QED) is 0.751. The molecule has 1 aromatic rings. The lowest BCUT2D eigenvalue weighted by molar-refractivity contribution is 0.495. The first-order chi connectivity index (χ1) is 6.25. The second kappa shape index (κ2) is 4.08. The highest BCUT2D eigenvalue weighted by Crippen LogP contribution is 2.38. The third kappa shape index (κ3) is 2.48. The van der Waals surface area contributed by atoms with Crippen molar-refractivity contribution in [2.45, 2.75) is 7.71 Å². The monoisotopic (exact) mass is 364 g/mol. The predicted octanol–water partition coefficient (Wildman–Crippen LogP) is 3.48. The van der Waals surface area contributed by atoms with Gasteiger partial charge in [0, 0.05) is 5.02 Å². The van der Waals surface area contributed by atoms with Gasteiger partial charge in [-0.15, -0.1) is 0 Å². The molecule has 0 spiro atoms. The van der Waals surface area contributed by atoms with E-state index < -0.39 is 12.7 Å². The molecular formula is C7H4Br2ClFO2S. The van der Waals surface area contributed by atoms with Crippen LogP contribution in [-0.2, 0) is 9.84 Å². The van der Waals surface area contributed by atoms with E-state index in [2.05, 4.69) is 31.9 Å². The molecule has 0 unspecified atom stereocenters. The van der Waals surface area contributed by atoms with Crippen molar-refractivity contribution in [1.29, 1.82) is 0 Å². The van der Waals surface area contributed by atoms with Crippen LogP contribution in [-0.4, -0.2) is 11.2 Å². The van der Waals surface area contributed by atoms with Gasteiger partial charge < -0.3 is 0 Å². The molecule has 0 N–H and O–H groups in total. The Kier molecular flexibility index (Phi) is 3.62. The third-order valence-corrected chi connectivity index (χ3v) is 5.74. The van der Waals surface area contributed by atoms with E-state index in [0.717, 1.165) is 0 Å². The maximum absolute atomic E-state index is 13.2. The normalized spacial score (nSPS) is 12.9. The molecule has 14 heavy (non-hydrogen) atoms. The van der Waals surface area contributed by atoms with E-state index in [4.69, 9.17) is 11.6 Å². The van der Waals surface area contributed by atoms with E-state index in [-0.39, 0.29) is 4.90 Å². The van der Waals surface area contributed by atoms with Crippen LogP contribution in [0.15, 0.2) is 29.2 Å². The van der Waals surface area contributed by atoms with Gasteiger partial charge in [0.15, 0.2) is 0 Å². The second-order valence-corrected chi connectivity index (χ2v) is 9.18. The summed E-state index contributed by atoms with van der Waals surface area (Å²) < 4.78 is 33.4. The Morgan fingerprint density at radius 1 is 1.21 bits per heavy atom. The van der Waals surface area contributed by atoms with E-state index >= 15 is 0 Å². The maximum atomic E-state index is 13.2. The molecule has 1 aromatic carbocycles.